The van der Waals surface area contributed by atoms with Crippen LogP contribution in [0.1, 0.15) is 40.5 Å². The van der Waals surface area contributed by atoms with Crippen molar-refractivity contribution in [2.75, 3.05) is 0 Å². The monoisotopic (exact) mass is 366 g/mol. The Morgan fingerprint density at radius 3 is 2.88 bits per heavy atom. The highest BCUT2D eigenvalue weighted by Crippen LogP contribution is 2.23. The SMILES string of the molecule is Cc1cc(C(=O)NC(C)c2nnc3ccccn23)c(C)n1-c1nccs1. The predicted molar refractivity (Wildman–Crippen MR) is 99.8 cm³/mol. The van der Waals surface area contributed by atoms with Gasteiger partial charge in [-0.3, -0.25) is 13.8 Å². The van der Waals surface area contributed by atoms with Gasteiger partial charge in [0.15, 0.2) is 16.6 Å². The van der Waals surface area contributed by atoms with Crippen molar-refractivity contribution in [3.63, 3.8) is 0 Å². The Hall–Kier alpha value is -3.00. The van der Waals surface area contributed by atoms with Gasteiger partial charge in [-0.2, -0.15) is 0 Å². The number of hydrogen-bond acceptors (Lipinski definition) is 5. The van der Waals surface area contributed by atoms with E-state index in [1.54, 1.807) is 17.5 Å². The Morgan fingerprint density at radius 1 is 1.27 bits per heavy atom. The molecular formula is C18H18N6OS. The zero-order chi connectivity index (χ0) is 18.3. The lowest BCUT2D eigenvalue weighted by Gasteiger charge is -2.12. The second kappa shape index (κ2) is 6.38. The van der Waals surface area contributed by atoms with Crippen molar-refractivity contribution in [3.05, 3.63) is 64.8 Å². The summed E-state index contributed by atoms with van der Waals surface area (Å²) in [5.41, 5.74) is 3.24. The number of nitrogens with zero attached hydrogens (tertiary/aromatic N) is 5. The van der Waals surface area contributed by atoms with Crippen LogP contribution in [0.3, 0.4) is 0 Å². The highest BCUT2D eigenvalue weighted by atomic mass is 32.1. The van der Waals surface area contributed by atoms with Gasteiger partial charge in [-0.15, -0.1) is 21.5 Å². The Labute approximate surface area is 154 Å². The van der Waals surface area contributed by atoms with Crippen LogP contribution in [0.2, 0.25) is 0 Å². The second-order valence-corrected chi connectivity index (χ2v) is 6.99. The third-order valence-corrected chi connectivity index (χ3v) is 5.12. The molecule has 26 heavy (non-hydrogen) atoms. The van der Waals surface area contributed by atoms with Crippen LogP contribution in [-0.4, -0.2) is 30.1 Å². The summed E-state index contributed by atoms with van der Waals surface area (Å²) in [7, 11) is 0. The van der Waals surface area contributed by atoms with Crippen LogP contribution in [-0.2, 0) is 0 Å². The zero-order valence-corrected chi connectivity index (χ0v) is 15.5. The Bertz CT molecular complexity index is 1080. The largest absolute Gasteiger partial charge is 0.342 e. The van der Waals surface area contributed by atoms with E-state index >= 15 is 0 Å². The van der Waals surface area contributed by atoms with E-state index in [1.165, 1.54) is 0 Å². The van der Waals surface area contributed by atoms with E-state index < -0.39 is 0 Å². The fraction of sp³-hybridized carbons (Fsp3) is 0.222. The number of nitrogens with one attached hydrogen (secondary N) is 1. The van der Waals surface area contributed by atoms with Crippen molar-refractivity contribution in [2.24, 2.45) is 0 Å². The smallest absolute Gasteiger partial charge is 0.253 e. The van der Waals surface area contributed by atoms with Gasteiger partial charge in [0.05, 0.1) is 11.6 Å². The molecule has 0 saturated carbocycles. The summed E-state index contributed by atoms with van der Waals surface area (Å²) in [5.74, 6) is 0.559. The van der Waals surface area contributed by atoms with Crippen LogP contribution in [0.15, 0.2) is 42.0 Å². The summed E-state index contributed by atoms with van der Waals surface area (Å²) in [5, 5.41) is 14.2. The van der Waals surface area contributed by atoms with Crippen LogP contribution in [0, 0.1) is 13.8 Å². The van der Waals surface area contributed by atoms with Gasteiger partial charge in [0.2, 0.25) is 0 Å². The molecule has 0 radical (unpaired) electrons. The van der Waals surface area contributed by atoms with E-state index in [1.807, 2.05) is 65.6 Å². The molecule has 1 amide bonds. The van der Waals surface area contributed by atoms with Crippen molar-refractivity contribution in [2.45, 2.75) is 26.8 Å². The first-order valence-electron chi connectivity index (χ1n) is 8.25. The average molecular weight is 366 g/mol. The van der Waals surface area contributed by atoms with Gasteiger partial charge in [0.1, 0.15) is 0 Å². The maximum Gasteiger partial charge on any atom is 0.253 e. The minimum Gasteiger partial charge on any atom is -0.342 e. The number of amides is 1. The highest BCUT2D eigenvalue weighted by Gasteiger charge is 2.21. The Balaban J connectivity index is 1.62. The standard InChI is InChI=1S/C18H18N6OS/c1-11-10-14(13(3)24(11)18-19-7-9-26-18)17(25)20-12(2)16-22-21-15-6-4-5-8-23(15)16/h4-10,12H,1-3H3,(H,20,25). The van der Waals surface area contributed by atoms with E-state index in [-0.39, 0.29) is 11.9 Å². The molecule has 0 fully saturated rings. The first-order chi connectivity index (χ1) is 12.6. The van der Waals surface area contributed by atoms with Crippen LogP contribution in [0.25, 0.3) is 10.8 Å². The molecule has 4 heterocycles. The number of thiazole rings is 1. The van der Waals surface area contributed by atoms with Gasteiger partial charge in [0, 0.05) is 29.2 Å². The van der Waals surface area contributed by atoms with Gasteiger partial charge in [0.25, 0.3) is 5.91 Å². The first kappa shape index (κ1) is 16.5. The topological polar surface area (TPSA) is 77.1 Å². The van der Waals surface area contributed by atoms with E-state index in [0.29, 0.717) is 11.4 Å². The van der Waals surface area contributed by atoms with Crippen LogP contribution >= 0.6 is 11.3 Å². The molecule has 0 aliphatic heterocycles. The third-order valence-electron chi connectivity index (χ3n) is 4.36. The number of aryl methyl sites for hydroxylation is 1. The first-order valence-corrected chi connectivity index (χ1v) is 9.13. The molecule has 1 atom stereocenters. The summed E-state index contributed by atoms with van der Waals surface area (Å²) in [6.07, 6.45) is 3.65. The summed E-state index contributed by atoms with van der Waals surface area (Å²) in [4.78, 5) is 17.2. The number of hydrogen-bond donors (Lipinski definition) is 1. The molecule has 7 nitrogen and oxygen atoms in total. The normalized spacial score (nSPS) is 12.4. The summed E-state index contributed by atoms with van der Waals surface area (Å²) in [6.45, 7) is 5.81. The fourth-order valence-electron chi connectivity index (χ4n) is 3.11. The molecule has 1 unspecified atom stereocenters. The van der Waals surface area contributed by atoms with Gasteiger partial charge < -0.3 is 5.32 Å². The molecule has 0 aliphatic rings. The molecule has 0 aliphatic carbocycles. The predicted octanol–water partition coefficient (Wildman–Crippen LogP) is 3.08. The molecule has 0 saturated heterocycles. The molecule has 132 valence electrons. The van der Waals surface area contributed by atoms with E-state index in [0.717, 1.165) is 22.2 Å². The molecule has 0 aromatic carbocycles. The molecule has 0 spiro atoms. The third kappa shape index (κ3) is 2.68. The van der Waals surface area contributed by atoms with Crippen molar-refractivity contribution in [1.29, 1.82) is 0 Å². The van der Waals surface area contributed by atoms with Crippen molar-refractivity contribution >= 4 is 22.9 Å². The summed E-state index contributed by atoms with van der Waals surface area (Å²) >= 11 is 1.54. The number of carbonyl (C=O) groups is 1. The van der Waals surface area contributed by atoms with E-state index in [4.69, 9.17) is 0 Å². The summed E-state index contributed by atoms with van der Waals surface area (Å²) < 4.78 is 3.88. The van der Waals surface area contributed by atoms with E-state index in [2.05, 4.69) is 20.5 Å². The van der Waals surface area contributed by atoms with Crippen molar-refractivity contribution in [1.82, 2.24) is 29.5 Å². The number of pyridine rings is 1. The lowest BCUT2D eigenvalue weighted by Crippen LogP contribution is -2.28. The van der Waals surface area contributed by atoms with Gasteiger partial charge in [-0.1, -0.05) is 6.07 Å². The fourth-order valence-corrected chi connectivity index (χ4v) is 3.86. The number of fused-ring (bicyclic) bond motifs is 1. The van der Waals surface area contributed by atoms with Gasteiger partial charge >= 0.3 is 0 Å². The number of rotatable bonds is 4. The van der Waals surface area contributed by atoms with E-state index in [9.17, 15) is 4.79 Å². The zero-order valence-electron chi connectivity index (χ0n) is 14.7. The average Bonchev–Trinajstić information content (AvgIpc) is 3.33. The highest BCUT2D eigenvalue weighted by molar-refractivity contribution is 7.12. The van der Waals surface area contributed by atoms with Crippen molar-refractivity contribution < 1.29 is 4.79 Å². The lowest BCUT2D eigenvalue weighted by atomic mass is 10.2. The van der Waals surface area contributed by atoms with Crippen LogP contribution in [0.4, 0.5) is 0 Å². The Kier molecular flexibility index (Phi) is 4.04. The number of aromatic nitrogens is 5. The lowest BCUT2D eigenvalue weighted by molar-refractivity contribution is 0.0937. The van der Waals surface area contributed by atoms with Gasteiger partial charge in [-0.25, -0.2) is 4.98 Å². The minimum absolute atomic E-state index is 0.138. The Morgan fingerprint density at radius 2 is 2.12 bits per heavy atom. The van der Waals surface area contributed by atoms with Crippen LogP contribution < -0.4 is 5.32 Å². The molecule has 1 N–H and O–H groups in total. The maximum absolute atomic E-state index is 12.8. The minimum atomic E-state index is -0.275. The molecule has 0 bridgehead atoms. The molecule has 8 heteroatoms. The second-order valence-electron chi connectivity index (χ2n) is 6.12. The molecule has 4 aromatic heterocycles. The number of carbonyl (C=O) groups excluding carboxylic acids is 1. The maximum atomic E-state index is 12.8. The quantitative estimate of drug-likeness (QED) is 0.602. The molecular weight excluding hydrogens is 348 g/mol. The van der Waals surface area contributed by atoms with Gasteiger partial charge in [-0.05, 0) is 39.0 Å². The molecule has 4 aromatic rings. The van der Waals surface area contributed by atoms with Crippen molar-refractivity contribution in [3.8, 4) is 5.13 Å². The van der Waals surface area contributed by atoms with Crippen LogP contribution in [0.5, 0.6) is 0 Å². The summed E-state index contributed by atoms with van der Waals surface area (Å²) in [6, 6.07) is 7.32. The molecule has 4 rings (SSSR count).